The second kappa shape index (κ2) is 13.4. The smallest absolute Gasteiger partial charge is 0.252 e. The highest BCUT2D eigenvalue weighted by atomic mass is 35.5. The Hall–Kier alpha value is -3.71. The maximum Gasteiger partial charge on any atom is 0.252 e. The number of amides is 4. The molecule has 3 heterocycles. The third-order valence-corrected chi connectivity index (χ3v) is 6.36. The number of aliphatic hydroxyl groups excluding tert-OH is 1. The van der Waals surface area contributed by atoms with Crippen molar-refractivity contribution in [2.75, 3.05) is 6.61 Å². The highest BCUT2D eigenvalue weighted by molar-refractivity contribution is 6.32. The second-order valence-electron chi connectivity index (χ2n) is 9.69. The van der Waals surface area contributed by atoms with Crippen molar-refractivity contribution < 1.29 is 29.0 Å². The third-order valence-electron chi connectivity index (χ3n) is 6.06. The SMILES string of the molecule is CC(C)[C@@H]1NC(=O)[C@H]([C@@H](C)O)NC(=O)c2ccc(c(Cl)c2)OCCCn2cc(nn2)CNC(=O)[C@@H](C)NC1=O. The summed E-state index contributed by atoms with van der Waals surface area (Å²) in [5.41, 5.74) is 0.686. The maximum absolute atomic E-state index is 13.1. The first-order valence-corrected chi connectivity index (χ1v) is 13.0. The molecule has 39 heavy (non-hydrogen) atoms. The van der Waals surface area contributed by atoms with E-state index in [0.29, 0.717) is 31.0 Å². The average molecular weight is 564 g/mol. The molecule has 0 spiro atoms. The van der Waals surface area contributed by atoms with Crippen molar-refractivity contribution in [3.05, 3.63) is 40.7 Å². The third kappa shape index (κ3) is 8.14. The van der Waals surface area contributed by atoms with E-state index in [1.165, 1.54) is 26.0 Å². The monoisotopic (exact) mass is 563 g/mol. The Balaban J connectivity index is 1.85. The van der Waals surface area contributed by atoms with Crippen LogP contribution in [-0.4, -0.2) is 74.6 Å². The van der Waals surface area contributed by atoms with Crippen LogP contribution in [-0.2, 0) is 27.5 Å². The van der Waals surface area contributed by atoms with Crippen molar-refractivity contribution in [3.8, 4) is 5.75 Å². The molecule has 4 atom stereocenters. The van der Waals surface area contributed by atoms with Gasteiger partial charge in [0.25, 0.3) is 5.91 Å². The fraction of sp³-hybridized carbons (Fsp3) is 0.520. The zero-order valence-corrected chi connectivity index (χ0v) is 23.0. The first kappa shape index (κ1) is 29.8. The molecule has 2 aromatic rings. The Morgan fingerprint density at radius 3 is 2.44 bits per heavy atom. The lowest BCUT2D eigenvalue weighted by atomic mass is 10.0. The molecular weight excluding hydrogens is 530 g/mol. The molecule has 5 N–H and O–H groups in total. The van der Waals surface area contributed by atoms with Gasteiger partial charge in [0.2, 0.25) is 17.7 Å². The number of aryl methyl sites for hydroxylation is 1. The summed E-state index contributed by atoms with van der Waals surface area (Å²) >= 11 is 6.31. The highest BCUT2D eigenvalue weighted by Gasteiger charge is 2.32. The highest BCUT2D eigenvalue weighted by Crippen LogP contribution is 2.25. The van der Waals surface area contributed by atoms with Gasteiger partial charge in [0.1, 0.15) is 29.6 Å². The van der Waals surface area contributed by atoms with E-state index >= 15 is 0 Å². The molecule has 212 valence electrons. The molecule has 0 fully saturated rings. The zero-order chi connectivity index (χ0) is 28.7. The van der Waals surface area contributed by atoms with E-state index in [1.807, 2.05) is 0 Å². The number of hydrogen-bond donors (Lipinski definition) is 5. The summed E-state index contributed by atoms with van der Waals surface area (Å²) in [4.78, 5) is 51.5. The molecule has 0 radical (unpaired) electrons. The van der Waals surface area contributed by atoms with Crippen LogP contribution in [0.1, 0.15) is 50.2 Å². The summed E-state index contributed by atoms with van der Waals surface area (Å²) in [5, 5.41) is 28.9. The van der Waals surface area contributed by atoms with Gasteiger partial charge in [0, 0.05) is 18.5 Å². The molecular formula is C25H34ClN7O6. The molecule has 13 nitrogen and oxygen atoms in total. The minimum Gasteiger partial charge on any atom is -0.492 e. The molecule has 1 aromatic carbocycles. The standard InChI is InChI=1S/C25H34ClN7O6/c1-13(2)20-24(37)28-14(3)22(35)27-11-17-12-33(32-31-17)8-5-9-39-19-7-6-16(10-18(19)26)23(36)30-21(15(4)34)25(38)29-20/h6-7,10,12-15,20-21,34H,5,8-9,11H2,1-4H3,(H,27,35)(H,28,37)(H,29,38)(H,30,36)/t14-,15-,20+,21+/m1/s1. The largest absolute Gasteiger partial charge is 0.492 e. The molecule has 4 bridgehead atoms. The molecule has 0 saturated carbocycles. The molecule has 4 amide bonds. The predicted molar refractivity (Wildman–Crippen MR) is 141 cm³/mol. The van der Waals surface area contributed by atoms with Gasteiger partial charge in [-0.1, -0.05) is 30.7 Å². The van der Waals surface area contributed by atoms with E-state index in [9.17, 15) is 24.3 Å². The van der Waals surface area contributed by atoms with Crippen LogP contribution in [0.25, 0.3) is 0 Å². The van der Waals surface area contributed by atoms with E-state index in [-0.39, 0.29) is 23.0 Å². The Morgan fingerprint density at radius 1 is 1.05 bits per heavy atom. The Morgan fingerprint density at radius 2 is 1.77 bits per heavy atom. The molecule has 1 aromatic heterocycles. The number of halogens is 1. The predicted octanol–water partition coefficient (Wildman–Crippen LogP) is 0.155. The summed E-state index contributed by atoms with van der Waals surface area (Å²) in [6.45, 7) is 7.22. The summed E-state index contributed by atoms with van der Waals surface area (Å²) in [7, 11) is 0. The summed E-state index contributed by atoms with van der Waals surface area (Å²) < 4.78 is 7.34. The van der Waals surface area contributed by atoms with Crippen LogP contribution in [0.3, 0.4) is 0 Å². The molecule has 0 saturated heterocycles. The second-order valence-corrected chi connectivity index (χ2v) is 10.1. The van der Waals surface area contributed by atoms with Crippen LogP contribution in [0.2, 0.25) is 5.02 Å². The number of ether oxygens (including phenoxy) is 1. The molecule has 2 aliphatic heterocycles. The summed E-state index contributed by atoms with van der Waals surface area (Å²) in [5.74, 6) is -2.46. The molecule has 2 aliphatic rings. The maximum atomic E-state index is 13.1. The van der Waals surface area contributed by atoms with Gasteiger partial charge in [-0.05, 0) is 38.0 Å². The Bertz CT molecular complexity index is 1200. The van der Waals surface area contributed by atoms with Gasteiger partial charge >= 0.3 is 0 Å². The molecule has 0 aliphatic carbocycles. The van der Waals surface area contributed by atoms with Crippen molar-refractivity contribution in [2.45, 2.75) is 71.4 Å². The van der Waals surface area contributed by atoms with Crippen LogP contribution < -0.4 is 26.0 Å². The van der Waals surface area contributed by atoms with Gasteiger partial charge in [-0.2, -0.15) is 0 Å². The van der Waals surface area contributed by atoms with Gasteiger partial charge in [-0.15, -0.1) is 5.10 Å². The van der Waals surface area contributed by atoms with E-state index < -0.39 is 47.9 Å². The first-order valence-electron chi connectivity index (χ1n) is 12.6. The number of aliphatic hydroxyl groups is 1. The number of hydrogen-bond acceptors (Lipinski definition) is 8. The van der Waals surface area contributed by atoms with Crippen LogP contribution in [0.4, 0.5) is 0 Å². The van der Waals surface area contributed by atoms with E-state index in [1.54, 1.807) is 30.8 Å². The molecule has 14 heteroatoms. The van der Waals surface area contributed by atoms with Crippen molar-refractivity contribution in [1.82, 2.24) is 36.3 Å². The van der Waals surface area contributed by atoms with Crippen LogP contribution in [0, 0.1) is 5.92 Å². The van der Waals surface area contributed by atoms with Gasteiger partial charge in [-0.3, -0.25) is 23.9 Å². The molecule has 4 rings (SSSR count). The Labute approximate surface area is 231 Å². The minimum atomic E-state index is -1.36. The fourth-order valence-electron chi connectivity index (χ4n) is 3.80. The van der Waals surface area contributed by atoms with E-state index in [4.69, 9.17) is 16.3 Å². The quantitative estimate of drug-likeness (QED) is 0.321. The van der Waals surface area contributed by atoms with Gasteiger partial charge < -0.3 is 31.1 Å². The van der Waals surface area contributed by atoms with E-state index in [0.717, 1.165) is 0 Å². The van der Waals surface area contributed by atoms with Crippen LogP contribution in [0.15, 0.2) is 24.4 Å². The number of nitrogens with one attached hydrogen (secondary N) is 4. The number of carbonyl (C=O) groups excluding carboxylic acids is 4. The van der Waals surface area contributed by atoms with E-state index in [2.05, 4.69) is 31.6 Å². The minimum absolute atomic E-state index is 0.109. The number of benzene rings is 1. The number of aromatic nitrogens is 3. The van der Waals surface area contributed by atoms with Crippen molar-refractivity contribution in [2.24, 2.45) is 5.92 Å². The van der Waals surface area contributed by atoms with Crippen LogP contribution >= 0.6 is 11.6 Å². The lowest BCUT2D eigenvalue weighted by Crippen LogP contribution is -2.59. The first-order chi connectivity index (χ1) is 18.5. The number of rotatable bonds is 2. The number of carbonyl (C=O) groups is 4. The van der Waals surface area contributed by atoms with Crippen molar-refractivity contribution in [1.29, 1.82) is 0 Å². The van der Waals surface area contributed by atoms with Gasteiger partial charge in [0.15, 0.2) is 0 Å². The topological polar surface area (TPSA) is 177 Å². The van der Waals surface area contributed by atoms with Gasteiger partial charge in [0.05, 0.1) is 30.5 Å². The zero-order valence-electron chi connectivity index (χ0n) is 22.2. The average Bonchev–Trinajstić information content (AvgIpc) is 3.33. The van der Waals surface area contributed by atoms with Gasteiger partial charge in [-0.25, -0.2) is 0 Å². The summed E-state index contributed by atoms with van der Waals surface area (Å²) in [6.07, 6.45) is 1.00. The molecule has 0 unspecified atom stereocenters. The van der Waals surface area contributed by atoms with Crippen molar-refractivity contribution in [3.63, 3.8) is 0 Å². The number of fused-ring (bicyclic) bond motifs is 16. The lowest BCUT2D eigenvalue weighted by Gasteiger charge is -2.27. The lowest BCUT2D eigenvalue weighted by molar-refractivity contribution is -0.134. The fourth-order valence-corrected chi connectivity index (χ4v) is 4.04. The van der Waals surface area contributed by atoms with Crippen molar-refractivity contribution >= 4 is 35.2 Å². The summed E-state index contributed by atoms with van der Waals surface area (Å²) in [6, 6.07) is 1.11. The normalized spacial score (nSPS) is 22.8. The Kier molecular flexibility index (Phi) is 10.2. The van der Waals surface area contributed by atoms with Crippen LogP contribution in [0.5, 0.6) is 5.75 Å². The number of nitrogens with zero attached hydrogens (tertiary/aromatic N) is 3.